The molecule has 0 N–H and O–H groups in total. The molecule has 3 atom stereocenters. The normalized spacial score (nSPS) is 20.0. The number of benzene rings is 3. The van der Waals surface area contributed by atoms with Crippen molar-refractivity contribution in [2.24, 2.45) is 0 Å². The fourth-order valence-electron chi connectivity index (χ4n) is 4.05. The van der Waals surface area contributed by atoms with Crippen molar-refractivity contribution >= 4 is 26.0 Å². The molecule has 0 heterocycles. The van der Waals surface area contributed by atoms with Crippen molar-refractivity contribution in [3.05, 3.63) is 112 Å². The Labute approximate surface area is 172 Å². The quantitative estimate of drug-likeness (QED) is 0.359. The van der Waals surface area contributed by atoms with Gasteiger partial charge in [-0.2, -0.15) is 0 Å². The first kappa shape index (κ1) is 17.4. The summed E-state index contributed by atoms with van der Waals surface area (Å²) in [6, 6.07) is 26.9. The molecule has 0 fully saturated rings. The molecule has 0 nitrogen and oxygen atoms in total. The Morgan fingerprint density at radius 1 is 0.778 bits per heavy atom. The van der Waals surface area contributed by atoms with E-state index < -0.39 is 0 Å². The van der Waals surface area contributed by atoms with Gasteiger partial charge in [0.15, 0.2) is 0 Å². The van der Waals surface area contributed by atoms with Crippen molar-refractivity contribution in [2.45, 2.75) is 15.4 Å². The van der Waals surface area contributed by atoms with E-state index in [0.717, 1.165) is 8.58 Å². The third-order valence-electron chi connectivity index (χ3n) is 5.50. The van der Waals surface area contributed by atoms with Crippen LogP contribution in [0.1, 0.15) is 36.3 Å². The molecule has 0 aromatic heterocycles. The van der Waals surface area contributed by atoms with Crippen LogP contribution in [0.15, 0.2) is 84.2 Å². The van der Waals surface area contributed by atoms with Crippen molar-refractivity contribution in [1.29, 1.82) is 0 Å². The Hall–Kier alpha value is -1.72. The molecular weight excluding hydrogens is 379 g/mol. The van der Waals surface area contributed by atoms with Crippen LogP contribution >= 0.6 is 8.58 Å². The van der Waals surface area contributed by atoms with Crippen LogP contribution in [0, 0.1) is 6.92 Å². The van der Waals surface area contributed by atoms with Crippen LogP contribution in [0.2, 0.25) is 0 Å². The molecule has 3 aromatic rings. The summed E-state index contributed by atoms with van der Waals surface area (Å²) in [7, 11) is 0.777. The van der Waals surface area contributed by atoms with Gasteiger partial charge in [-0.1, -0.05) is 0 Å². The zero-order valence-electron chi connectivity index (χ0n) is 15.3. The molecule has 2 aliphatic rings. The molecule has 0 radical (unpaired) electrons. The number of aryl methyl sites for hydroxylation is 1. The molecule has 2 aliphatic carbocycles. The summed E-state index contributed by atoms with van der Waals surface area (Å²) in [5.74, 6) is 0. The summed E-state index contributed by atoms with van der Waals surface area (Å²) in [6.45, 7) is 2.24. The Morgan fingerprint density at radius 2 is 1.48 bits per heavy atom. The van der Waals surface area contributed by atoms with Crippen LogP contribution in [0.25, 0.3) is 12.2 Å². The predicted molar refractivity (Wildman–Crippen MR) is 115 cm³/mol. The molecule has 0 aliphatic heterocycles. The topological polar surface area (TPSA) is 0 Å². The third kappa shape index (κ3) is 3.32. The van der Waals surface area contributed by atoms with Crippen molar-refractivity contribution in [3.8, 4) is 0 Å². The van der Waals surface area contributed by atoms with E-state index in [-0.39, 0.29) is 19.2 Å². The molecule has 5 rings (SSSR count). The fourth-order valence-corrected chi connectivity index (χ4v) is 8.71. The van der Waals surface area contributed by atoms with Gasteiger partial charge in [-0.3, -0.25) is 0 Å². The zero-order valence-corrected chi connectivity index (χ0v) is 17.9. The Balaban J connectivity index is 1.48. The molecule has 0 bridgehead atoms. The second-order valence-electron chi connectivity index (χ2n) is 7.23. The number of hydrogen-bond acceptors (Lipinski definition) is 0. The number of hydrogen-bond donors (Lipinski definition) is 0. The van der Waals surface area contributed by atoms with Crippen LogP contribution in [0.3, 0.4) is 0 Å². The van der Waals surface area contributed by atoms with Crippen LogP contribution < -0.4 is 5.30 Å². The molecule has 3 aromatic carbocycles. The van der Waals surface area contributed by atoms with Crippen molar-refractivity contribution < 1.29 is 19.2 Å². The molecule has 2 heteroatoms. The molecule has 0 saturated heterocycles. The molecule has 130 valence electrons. The van der Waals surface area contributed by atoms with Gasteiger partial charge in [-0.25, -0.2) is 0 Å². The summed E-state index contributed by atoms with van der Waals surface area (Å²) >= 11 is -0.223. The minimum absolute atomic E-state index is 0.223. The second kappa shape index (κ2) is 7.36. The standard InChI is InChI=1S/C16H14P.C9H7.Ti/c1-12-6-2-5-9-16(12)17-15-10-13-7-3-4-8-14(13)11-15;1-2-5-9-7-3-6-8(9)4-1;/h2-11,17H,1H3;1-7H;. The van der Waals surface area contributed by atoms with E-state index in [9.17, 15) is 0 Å². The van der Waals surface area contributed by atoms with Crippen LogP contribution in [0.4, 0.5) is 0 Å². The van der Waals surface area contributed by atoms with E-state index in [1.54, 1.807) is 16.4 Å². The predicted octanol–water partition coefficient (Wildman–Crippen LogP) is 6.25. The zero-order chi connectivity index (χ0) is 18.2. The van der Waals surface area contributed by atoms with E-state index in [1.165, 1.54) is 22.0 Å². The summed E-state index contributed by atoms with van der Waals surface area (Å²) < 4.78 is 1.28. The molecular formula is C25H21PTi. The van der Waals surface area contributed by atoms with Gasteiger partial charge in [0.1, 0.15) is 0 Å². The number of allylic oxidation sites excluding steroid dienone is 2. The molecule has 0 spiro atoms. The van der Waals surface area contributed by atoms with E-state index >= 15 is 0 Å². The van der Waals surface area contributed by atoms with Crippen LogP contribution in [-0.4, -0.2) is 0 Å². The van der Waals surface area contributed by atoms with Gasteiger partial charge in [0.2, 0.25) is 0 Å². The monoisotopic (exact) mass is 400 g/mol. The maximum absolute atomic E-state index is 2.49. The van der Waals surface area contributed by atoms with Crippen LogP contribution in [0.5, 0.6) is 0 Å². The molecule has 0 saturated carbocycles. The molecule has 27 heavy (non-hydrogen) atoms. The van der Waals surface area contributed by atoms with Gasteiger partial charge >= 0.3 is 173 Å². The third-order valence-corrected chi connectivity index (χ3v) is 10.3. The van der Waals surface area contributed by atoms with E-state index in [0.29, 0.717) is 8.45 Å². The van der Waals surface area contributed by atoms with Gasteiger partial charge < -0.3 is 0 Å². The summed E-state index contributed by atoms with van der Waals surface area (Å²) in [4.78, 5) is 0. The van der Waals surface area contributed by atoms with Crippen molar-refractivity contribution in [2.75, 3.05) is 0 Å². The minimum atomic E-state index is -0.223. The Bertz CT molecular complexity index is 1060. The Morgan fingerprint density at radius 3 is 2.33 bits per heavy atom. The second-order valence-corrected chi connectivity index (χ2v) is 11.0. The number of rotatable bonds is 4. The first-order valence-electron chi connectivity index (χ1n) is 9.46. The van der Waals surface area contributed by atoms with Crippen molar-refractivity contribution in [1.82, 2.24) is 0 Å². The summed E-state index contributed by atoms with van der Waals surface area (Å²) in [5.41, 5.74) is 7.38. The fraction of sp³-hybridized carbons (Fsp3) is 0.120. The summed E-state index contributed by atoms with van der Waals surface area (Å²) in [5, 5.41) is 3.14. The SMILES string of the molecule is Cc1ccccc1PC1=Cc2ccccc2[CH]1[Ti][CH]1C=Cc2ccccc21. The average molecular weight is 400 g/mol. The van der Waals surface area contributed by atoms with Gasteiger partial charge in [0.05, 0.1) is 0 Å². The van der Waals surface area contributed by atoms with Gasteiger partial charge in [0.25, 0.3) is 0 Å². The van der Waals surface area contributed by atoms with E-state index in [4.69, 9.17) is 0 Å². The van der Waals surface area contributed by atoms with Crippen LogP contribution in [-0.2, 0) is 19.2 Å². The van der Waals surface area contributed by atoms with E-state index in [1.807, 2.05) is 0 Å². The van der Waals surface area contributed by atoms with Gasteiger partial charge in [-0.05, 0) is 0 Å². The average Bonchev–Trinajstić information content (AvgIpc) is 3.26. The number of fused-ring (bicyclic) bond motifs is 2. The van der Waals surface area contributed by atoms with Crippen molar-refractivity contribution in [3.63, 3.8) is 0 Å². The molecule has 3 unspecified atom stereocenters. The molecule has 0 amide bonds. The van der Waals surface area contributed by atoms with Gasteiger partial charge in [0, 0.05) is 0 Å². The Kier molecular flexibility index (Phi) is 4.74. The van der Waals surface area contributed by atoms with E-state index in [2.05, 4.69) is 97.9 Å². The first-order valence-corrected chi connectivity index (χ1v) is 12.3. The summed E-state index contributed by atoms with van der Waals surface area (Å²) in [6.07, 6.45) is 7.27. The maximum atomic E-state index is 2.49. The van der Waals surface area contributed by atoms with Gasteiger partial charge in [-0.15, -0.1) is 0 Å². The first-order chi connectivity index (χ1) is 13.3.